The molecule has 0 saturated heterocycles. The molecule has 0 aliphatic heterocycles. The number of rotatable bonds is 6. The first-order chi connectivity index (χ1) is 11.6. The number of hydrogen-bond donors (Lipinski definition) is 0. The molecule has 3 rings (SSSR count). The summed E-state index contributed by atoms with van der Waals surface area (Å²) < 4.78 is 31.2. The molecule has 24 heavy (non-hydrogen) atoms. The first-order valence-corrected chi connectivity index (χ1v) is 7.21. The second kappa shape index (κ2) is 7.07. The van der Waals surface area contributed by atoms with Crippen molar-refractivity contribution in [1.29, 1.82) is 0 Å². The van der Waals surface area contributed by atoms with Crippen LogP contribution in [0.25, 0.3) is 11.5 Å². The molecular weight excluding hydrogens is 320 g/mol. The van der Waals surface area contributed by atoms with Crippen molar-refractivity contribution in [3.63, 3.8) is 0 Å². The molecule has 0 atom stereocenters. The normalized spacial score (nSPS) is 11.1. The smallest absolute Gasteiger partial charge is 0.314 e. The van der Waals surface area contributed by atoms with Crippen molar-refractivity contribution in [1.82, 2.24) is 24.7 Å². The van der Waals surface area contributed by atoms with Crippen LogP contribution < -0.4 is 5.56 Å². The van der Waals surface area contributed by atoms with E-state index in [1.165, 1.54) is 10.6 Å². The van der Waals surface area contributed by atoms with Crippen molar-refractivity contribution in [3.8, 4) is 11.5 Å². The molecule has 3 heterocycles. The van der Waals surface area contributed by atoms with Gasteiger partial charge in [-0.25, -0.2) is 0 Å². The number of hydrogen-bond acceptors (Lipinski definition) is 6. The Bertz CT molecular complexity index is 864. The van der Waals surface area contributed by atoms with Gasteiger partial charge in [0.1, 0.15) is 0 Å². The van der Waals surface area contributed by atoms with Gasteiger partial charge < -0.3 is 8.98 Å². The largest absolute Gasteiger partial charge is 0.415 e. The van der Waals surface area contributed by atoms with E-state index in [2.05, 4.69) is 20.2 Å². The van der Waals surface area contributed by atoms with Gasteiger partial charge in [0.05, 0.1) is 5.69 Å². The number of nitrogens with zero attached hydrogens (tertiary/aromatic N) is 5. The van der Waals surface area contributed by atoms with E-state index in [9.17, 15) is 13.6 Å². The summed E-state index contributed by atoms with van der Waals surface area (Å²) in [7, 11) is 0. The molecule has 0 saturated carbocycles. The predicted molar refractivity (Wildman–Crippen MR) is 79.3 cm³/mol. The molecule has 3 aromatic rings. The Hall–Kier alpha value is -2.97. The van der Waals surface area contributed by atoms with Crippen molar-refractivity contribution in [3.05, 3.63) is 58.9 Å². The van der Waals surface area contributed by atoms with Gasteiger partial charge in [-0.3, -0.25) is 14.8 Å². The predicted octanol–water partition coefficient (Wildman–Crippen LogP) is 2.26. The minimum Gasteiger partial charge on any atom is -0.415 e. The molecule has 0 fully saturated rings. The highest BCUT2D eigenvalue weighted by Gasteiger charge is 2.17. The van der Waals surface area contributed by atoms with Crippen LogP contribution in [0.4, 0.5) is 8.78 Å². The molecule has 0 N–H and O–H groups in total. The first-order valence-electron chi connectivity index (χ1n) is 7.21. The average Bonchev–Trinajstić information content (AvgIpc) is 3.08. The summed E-state index contributed by atoms with van der Waals surface area (Å²) in [5, 5.41) is 6.76. The third-order valence-electron chi connectivity index (χ3n) is 3.32. The summed E-state index contributed by atoms with van der Waals surface area (Å²) in [6, 6.07) is 2.86. The minimum absolute atomic E-state index is 0.103. The van der Waals surface area contributed by atoms with E-state index in [0.29, 0.717) is 24.9 Å². The zero-order valence-electron chi connectivity index (χ0n) is 12.5. The summed E-state index contributed by atoms with van der Waals surface area (Å²) in [4.78, 5) is 20.2. The summed E-state index contributed by atoms with van der Waals surface area (Å²) in [5.41, 5.74) is 0.889. The molecule has 0 aliphatic rings. The summed E-state index contributed by atoms with van der Waals surface area (Å²) >= 11 is 0. The van der Waals surface area contributed by atoms with E-state index < -0.39 is 12.3 Å². The number of aromatic nitrogens is 5. The van der Waals surface area contributed by atoms with E-state index >= 15 is 0 Å². The fourth-order valence-electron chi connectivity index (χ4n) is 2.15. The van der Waals surface area contributed by atoms with Gasteiger partial charge in [-0.15, -0.1) is 10.2 Å². The van der Waals surface area contributed by atoms with Gasteiger partial charge in [0, 0.05) is 43.0 Å². The molecule has 0 aromatic carbocycles. The van der Waals surface area contributed by atoms with E-state index in [-0.39, 0.29) is 11.4 Å². The highest BCUT2D eigenvalue weighted by molar-refractivity contribution is 5.50. The summed E-state index contributed by atoms with van der Waals surface area (Å²) in [6.07, 6.45) is 5.05. The molecule has 0 bridgehead atoms. The maximum atomic E-state index is 12.4. The van der Waals surface area contributed by atoms with Crippen LogP contribution in [0.15, 0.2) is 46.1 Å². The van der Waals surface area contributed by atoms with Crippen LogP contribution in [0.3, 0.4) is 0 Å². The molecule has 0 amide bonds. The molecule has 124 valence electrons. The highest BCUT2D eigenvalue weighted by atomic mass is 19.3. The van der Waals surface area contributed by atoms with Gasteiger partial charge in [-0.2, -0.15) is 8.78 Å². The third-order valence-corrected chi connectivity index (χ3v) is 3.32. The average molecular weight is 333 g/mol. The second-order valence-corrected chi connectivity index (χ2v) is 4.99. The van der Waals surface area contributed by atoms with Crippen molar-refractivity contribution in [2.75, 3.05) is 0 Å². The lowest BCUT2D eigenvalue weighted by Gasteiger charge is -2.05. The third kappa shape index (κ3) is 3.67. The Morgan fingerprint density at radius 1 is 1.25 bits per heavy atom. The van der Waals surface area contributed by atoms with Crippen LogP contribution in [0.1, 0.15) is 24.4 Å². The zero-order chi connectivity index (χ0) is 16.9. The van der Waals surface area contributed by atoms with Crippen molar-refractivity contribution in [2.45, 2.75) is 25.8 Å². The molecule has 0 unspecified atom stereocenters. The molecule has 0 spiro atoms. The molecule has 7 nitrogen and oxygen atoms in total. The van der Waals surface area contributed by atoms with Crippen LogP contribution in [0.2, 0.25) is 0 Å². The van der Waals surface area contributed by atoms with Crippen molar-refractivity contribution in [2.24, 2.45) is 0 Å². The molecule has 0 aliphatic carbocycles. The Morgan fingerprint density at radius 3 is 2.79 bits per heavy atom. The van der Waals surface area contributed by atoms with E-state index in [0.717, 1.165) is 5.69 Å². The van der Waals surface area contributed by atoms with Gasteiger partial charge in [-0.1, -0.05) is 0 Å². The highest BCUT2D eigenvalue weighted by Crippen LogP contribution is 2.22. The lowest BCUT2D eigenvalue weighted by Crippen LogP contribution is -2.19. The Labute approximate surface area is 135 Å². The number of alkyl halides is 2. The maximum Gasteiger partial charge on any atom is 0.314 e. The number of pyridine rings is 1. The fraction of sp³-hybridized carbons (Fsp3) is 0.267. The molecule has 9 heteroatoms. The van der Waals surface area contributed by atoms with E-state index in [1.807, 2.05) is 0 Å². The van der Waals surface area contributed by atoms with Gasteiger partial charge in [-0.05, 0) is 18.9 Å². The first kappa shape index (κ1) is 15.9. The lowest BCUT2D eigenvalue weighted by molar-refractivity contribution is 0.116. The second-order valence-electron chi connectivity index (χ2n) is 4.99. The van der Waals surface area contributed by atoms with Crippen LogP contribution in [-0.4, -0.2) is 24.7 Å². The number of halogens is 2. The quantitative estimate of drug-likeness (QED) is 0.688. The molecule has 3 aromatic heterocycles. The maximum absolute atomic E-state index is 12.4. The van der Waals surface area contributed by atoms with Crippen molar-refractivity contribution < 1.29 is 13.2 Å². The van der Waals surface area contributed by atoms with Gasteiger partial charge >= 0.3 is 6.43 Å². The van der Waals surface area contributed by atoms with E-state index in [1.54, 1.807) is 30.9 Å². The Kier molecular flexibility index (Phi) is 4.69. The zero-order valence-corrected chi connectivity index (χ0v) is 12.5. The molecule has 0 radical (unpaired) electrons. The lowest BCUT2D eigenvalue weighted by atomic mass is 10.2. The van der Waals surface area contributed by atoms with Crippen LogP contribution in [-0.2, 0) is 13.0 Å². The Balaban J connectivity index is 1.67. The SMILES string of the molecule is O=c1cc(-c2nnc(C(F)F)o2)ccn1CCCc1cnccn1. The number of aryl methyl sites for hydroxylation is 2. The van der Waals surface area contributed by atoms with Gasteiger partial charge in [0.15, 0.2) is 0 Å². The standard InChI is InChI=1S/C15H13F2N5O2/c16-13(17)15-21-20-14(24-15)10-3-7-22(12(23)8-10)6-1-2-11-9-18-4-5-19-11/h3-5,7-9,13H,1-2,6H2. The summed E-state index contributed by atoms with van der Waals surface area (Å²) in [6.45, 7) is 0.502. The Morgan fingerprint density at radius 2 is 2.12 bits per heavy atom. The van der Waals surface area contributed by atoms with Gasteiger partial charge in [0.2, 0.25) is 5.89 Å². The van der Waals surface area contributed by atoms with Gasteiger partial charge in [0.25, 0.3) is 11.4 Å². The van der Waals surface area contributed by atoms with E-state index in [4.69, 9.17) is 4.42 Å². The summed E-state index contributed by atoms with van der Waals surface area (Å²) in [5.74, 6) is -0.868. The molecular formula is C15H13F2N5O2. The van der Waals surface area contributed by atoms with Crippen LogP contribution >= 0.6 is 0 Å². The topological polar surface area (TPSA) is 86.7 Å². The van der Waals surface area contributed by atoms with Crippen molar-refractivity contribution >= 4 is 0 Å². The fourth-order valence-corrected chi connectivity index (χ4v) is 2.15. The monoisotopic (exact) mass is 333 g/mol. The minimum atomic E-state index is -2.84. The van der Waals surface area contributed by atoms with Crippen LogP contribution in [0, 0.1) is 0 Å². The van der Waals surface area contributed by atoms with Crippen LogP contribution in [0.5, 0.6) is 0 Å².